The second-order valence-electron chi connectivity index (χ2n) is 4.49. The van der Waals surface area contributed by atoms with E-state index in [1.165, 1.54) is 18.3 Å². The Morgan fingerprint density at radius 3 is 2.62 bits per heavy atom. The number of ether oxygens (including phenoxy) is 2. The van der Waals surface area contributed by atoms with Crippen LogP contribution >= 0.6 is 0 Å². The second-order valence-corrected chi connectivity index (χ2v) is 4.49. The standard InChI is InChI=1S/C17H12F2N2O3/c1-3-11-5-6-21-16(14(11)17(22)23-4-2)24-15-12(18)7-10(9-20)8-13(15)19/h3,5-8H,1,4H2,2H3. The summed E-state index contributed by atoms with van der Waals surface area (Å²) >= 11 is 0. The minimum atomic E-state index is -1.09. The fourth-order valence-electron chi connectivity index (χ4n) is 1.93. The molecule has 0 unspecified atom stereocenters. The Balaban J connectivity index is 2.53. The summed E-state index contributed by atoms with van der Waals surface area (Å²) < 4.78 is 38.0. The van der Waals surface area contributed by atoms with Crippen LogP contribution in [0.4, 0.5) is 8.78 Å². The van der Waals surface area contributed by atoms with E-state index >= 15 is 0 Å². The number of esters is 1. The van der Waals surface area contributed by atoms with Crippen molar-refractivity contribution in [2.45, 2.75) is 6.92 Å². The first-order valence-corrected chi connectivity index (χ1v) is 6.87. The van der Waals surface area contributed by atoms with Crippen LogP contribution in [0.15, 0.2) is 31.0 Å². The van der Waals surface area contributed by atoms with Crippen LogP contribution in [0.1, 0.15) is 28.4 Å². The average molecular weight is 330 g/mol. The summed E-state index contributed by atoms with van der Waals surface area (Å²) in [7, 11) is 0. The highest BCUT2D eigenvalue weighted by atomic mass is 19.1. The smallest absolute Gasteiger partial charge is 0.344 e. The molecule has 0 radical (unpaired) electrons. The summed E-state index contributed by atoms with van der Waals surface area (Å²) in [4.78, 5) is 15.9. The lowest BCUT2D eigenvalue weighted by atomic mass is 10.1. The highest BCUT2D eigenvalue weighted by Crippen LogP contribution is 2.31. The second kappa shape index (κ2) is 7.33. The Bertz CT molecular complexity index is 821. The van der Waals surface area contributed by atoms with E-state index in [1.54, 1.807) is 13.0 Å². The third kappa shape index (κ3) is 3.38. The maximum atomic E-state index is 14.0. The van der Waals surface area contributed by atoms with Gasteiger partial charge in [-0.15, -0.1) is 0 Å². The third-order valence-electron chi connectivity index (χ3n) is 2.97. The summed E-state index contributed by atoms with van der Waals surface area (Å²) in [5.41, 5.74) is 0.0428. The number of benzene rings is 1. The zero-order valence-electron chi connectivity index (χ0n) is 12.7. The molecule has 0 bridgehead atoms. The lowest BCUT2D eigenvalue weighted by molar-refractivity contribution is 0.0522. The van der Waals surface area contributed by atoms with Crippen LogP contribution in [0.25, 0.3) is 6.08 Å². The van der Waals surface area contributed by atoms with E-state index in [0.29, 0.717) is 5.56 Å². The van der Waals surface area contributed by atoms with Crippen molar-refractivity contribution in [3.63, 3.8) is 0 Å². The Morgan fingerprint density at radius 2 is 2.08 bits per heavy atom. The van der Waals surface area contributed by atoms with Gasteiger partial charge in [-0.05, 0) is 30.7 Å². The van der Waals surface area contributed by atoms with Gasteiger partial charge >= 0.3 is 5.97 Å². The van der Waals surface area contributed by atoms with Gasteiger partial charge in [0.2, 0.25) is 11.6 Å². The number of carbonyl (C=O) groups excluding carboxylic acids is 1. The molecule has 0 saturated heterocycles. The van der Waals surface area contributed by atoms with Crippen molar-refractivity contribution in [1.82, 2.24) is 4.98 Å². The molecule has 7 heteroatoms. The minimum absolute atomic E-state index is 0.0995. The van der Waals surface area contributed by atoms with Gasteiger partial charge < -0.3 is 9.47 Å². The molecule has 0 spiro atoms. The van der Waals surface area contributed by atoms with Gasteiger partial charge in [-0.2, -0.15) is 5.26 Å². The SMILES string of the molecule is C=Cc1ccnc(Oc2c(F)cc(C#N)cc2F)c1C(=O)OCC. The summed E-state index contributed by atoms with van der Waals surface area (Å²) in [6, 6.07) is 4.75. The van der Waals surface area contributed by atoms with Crippen LogP contribution in [0.5, 0.6) is 11.6 Å². The Morgan fingerprint density at radius 1 is 1.42 bits per heavy atom. The molecule has 0 aliphatic rings. The number of halogens is 2. The van der Waals surface area contributed by atoms with Gasteiger partial charge in [-0.3, -0.25) is 0 Å². The van der Waals surface area contributed by atoms with Gasteiger partial charge in [0.15, 0.2) is 11.6 Å². The molecule has 1 aromatic heterocycles. The van der Waals surface area contributed by atoms with Crippen LogP contribution in [0.2, 0.25) is 0 Å². The lowest BCUT2D eigenvalue weighted by Gasteiger charge is -2.12. The molecule has 2 aromatic rings. The summed E-state index contributed by atoms with van der Waals surface area (Å²) in [6.07, 6.45) is 2.67. The molecule has 0 saturated carbocycles. The largest absolute Gasteiger partial charge is 0.462 e. The fraction of sp³-hybridized carbons (Fsp3) is 0.118. The van der Waals surface area contributed by atoms with Gasteiger partial charge in [0.25, 0.3) is 0 Å². The molecule has 0 aliphatic heterocycles. The number of pyridine rings is 1. The van der Waals surface area contributed by atoms with Crippen molar-refractivity contribution in [2.75, 3.05) is 6.61 Å². The molecule has 1 aromatic carbocycles. The molecule has 24 heavy (non-hydrogen) atoms. The predicted molar refractivity (Wildman–Crippen MR) is 81.4 cm³/mol. The molecule has 1 heterocycles. The first kappa shape index (κ1) is 17.1. The van der Waals surface area contributed by atoms with Crippen molar-refractivity contribution >= 4 is 12.0 Å². The van der Waals surface area contributed by atoms with E-state index in [-0.39, 0.29) is 23.6 Å². The van der Waals surface area contributed by atoms with E-state index in [1.807, 2.05) is 0 Å². The summed E-state index contributed by atoms with van der Waals surface area (Å²) in [6.45, 7) is 5.28. The monoisotopic (exact) mass is 330 g/mol. The first-order chi connectivity index (χ1) is 11.5. The zero-order valence-corrected chi connectivity index (χ0v) is 12.7. The summed E-state index contributed by atoms with van der Waals surface area (Å²) in [5, 5.41) is 8.70. The highest BCUT2D eigenvalue weighted by molar-refractivity contribution is 5.96. The van der Waals surface area contributed by atoms with Crippen molar-refractivity contribution in [3.05, 3.63) is 59.3 Å². The Labute approximate surface area is 136 Å². The van der Waals surface area contributed by atoms with Crippen LogP contribution in [-0.4, -0.2) is 17.6 Å². The van der Waals surface area contributed by atoms with Crippen molar-refractivity contribution in [3.8, 4) is 17.7 Å². The van der Waals surface area contributed by atoms with Crippen molar-refractivity contribution in [1.29, 1.82) is 5.26 Å². The van der Waals surface area contributed by atoms with Gasteiger partial charge in [0.1, 0.15) is 5.56 Å². The third-order valence-corrected chi connectivity index (χ3v) is 2.97. The molecule has 0 fully saturated rings. The van der Waals surface area contributed by atoms with E-state index < -0.39 is 23.4 Å². The maximum absolute atomic E-state index is 14.0. The first-order valence-electron chi connectivity index (χ1n) is 6.87. The molecule has 0 aliphatic carbocycles. The lowest BCUT2D eigenvalue weighted by Crippen LogP contribution is -2.10. The molecular weight excluding hydrogens is 318 g/mol. The number of hydrogen-bond donors (Lipinski definition) is 0. The molecular formula is C17H12F2N2O3. The number of nitriles is 1. The van der Waals surface area contributed by atoms with Gasteiger partial charge in [-0.1, -0.05) is 12.7 Å². The van der Waals surface area contributed by atoms with Crippen LogP contribution < -0.4 is 4.74 Å². The van der Waals surface area contributed by atoms with E-state index in [4.69, 9.17) is 14.7 Å². The molecule has 0 amide bonds. The molecule has 0 atom stereocenters. The number of carbonyl (C=O) groups is 1. The van der Waals surface area contributed by atoms with Crippen molar-refractivity contribution in [2.24, 2.45) is 0 Å². The number of aromatic nitrogens is 1. The summed E-state index contributed by atoms with van der Waals surface area (Å²) in [5.74, 6) is -4.04. The normalized spacial score (nSPS) is 9.92. The van der Waals surface area contributed by atoms with Crippen LogP contribution in [0.3, 0.4) is 0 Å². The van der Waals surface area contributed by atoms with Gasteiger partial charge in [0, 0.05) is 6.20 Å². The van der Waals surface area contributed by atoms with Gasteiger partial charge in [0.05, 0.1) is 18.2 Å². The fourth-order valence-corrected chi connectivity index (χ4v) is 1.93. The van der Waals surface area contributed by atoms with Gasteiger partial charge in [-0.25, -0.2) is 18.6 Å². The minimum Gasteiger partial charge on any atom is -0.462 e. The molecule has 5 nitrogen and oxygen atoms in total. The quantitative estimate of drug-likeness (QED) is 0.779. The zero-order chi connectivity index (χ0) is 17.7. The maximum Gasteiger partial charge on any atom is 0.344 e. The van der Waals surface area contributed by atoms with Crippen LogP contribution in [0, 0.1) is 23.0 Å². The average Bonchev–Trinajstić information content (AvgIpc) is 2.57. The number of nitrogens with zero attached hydrogens (tertiary/aromatic N) is 2. The highest BCUT2D eigenvalue weighted by Gasteiger charge is 2.22. The Hall–Kier alpha value is -3.27. The van der Waals surface area contributed by atoms with Crippen molar-refractivity contribution < 1.29 is 23.0 Å². The predicted octanol–water partition coefficient (Wildman–Crippen LogP) is 3.84. The molecule has 122 valence electrons. The molecule has 2 rings (SSSR count). The molecule has 0 N–H and O–H groups in total. The number of rotatable bonds is 5. The Kier molecular flexibility index (Phi) is 5.22. The van der Waals surface area contributed by atoms with E-state index in [9.17, 15) is 13.6 Å². The van der Waals surface area contributed by atoms with E-state index in [0.717, 1.165) is 12.1 Å². The van der Waals surface area contributed by atoms with E-state index in [2.05, 4.69) is 11.6 Å². The number of hydrogen-bond acceptors (Lipinski definition) is 5. The van der Waals surface area contributed by atoms with Crippen LogP contribution in [-0.2, 0) is 4.74 Å². The topological polar surface area (TPSA) is 72.2 Å².